The Morgan fingerprint density at radius 1 is 1.38 bits per heavy atom. The number of hydrogen-bond donors (Lipinski definition) is 1. The van der Waals surface area contributed by atoms with Gasteiger partial charge >= 0.3 is 0 Å². The van der Waals surface area contributed by atoms with Crippen LogP contribution >= 0.6 is 0 Å². The van der Waals surface area contributed by atoms with Gasteiger partial charge in [0.15, 0.2) is 11.5 Å². The van der Waals surface area contributed by atoms with E-state index in [-0.39, 0.29) is 5.41 Å². The highest BCUT2D eigenvalue weighted by Crippen LogP contribution is 2.56. The first-order chi connectivity index (χ1) is 10.2. The van der Waals surface area contributed by atoms with E-state index in [2.05, 4.69) is 36.2 Å². The van der Waals surface area contributed by atoms with Gasteiger partial charge < -0.3 is 9.84 Å². The van der Waals surface area contributed by atoms with E-state index < -0.39 is 0 Å². The molecule has 21 heavy (non-hydrogen) atoms. The molecule has 0 radical (unpaired) electrons. The molecule has 2 aliphatic carbocycles. The van der Waals surface area contributed by atoms with Gasteiger partial charge in [0.25, 0.3) is 0 Å². The molecule has 0 saturated carbocycles. The Bertz CT molecular complexity index is 661. The first kappa shape index (κ1) is 13.0. The molecule has 0 unspecified atom stereocenters. The van der Waals surface area contributed by atoms with Crippen molar-refractivity contribution in [3.8, 4) is 11.5 Å². The van der Waals surface area contributed by atoms with Gasteiger partial charge in [-0.05, 0) is 50.1 Å². The van der Waals surface area contributed by atoms with Gasteiger partial charge in [0.05, 0.1) is 7.11 Å². The van der Waals surface area contributed by atoms with Crippen molar-refractivity contribution in [1.29, 1.82) is 0 Å². The number of rotatable bonds is 1. The fourth-order valence-electron chi connectivity index (χ4n) is 4.48. The van der Waals surface area contributed by atoms with Crippen molar-refractivity contribution >= 4 is 0 Å². The van der Waals surface area contributed by atoms with Crippen LogP contribution in [-0.4, -0.2) is 36.8 Å². The normalized spacial score (nSPS) is 30.4. The van der Waals surface area contributed by atoms with Gasteiger partial charge in [0.1, 0.15) is 0 Å². The predicted octanol–water partition coefficient (Wildman–Crippen LogP) is 2.79. The summed E-state index contributed by atoms with van der Waals surface area (Å²) < 4.78 is 5.35. The molecule has 3 aliphatic rings. The number of likely N-dealkylation sites (tertiary alicyclic amines) is 1. The minimum Gasteiger partial charge on any atom is -0.504 e. The van der Waals surface area contributed by atoms with Gasteiger partial charge in [0, 0.05) is 17.0 Å². The van der Waals surface area contributed by atoms with Crippen LogP contribution in [0.2, 0.25) is 0 Å². The Balaban J connectivity index is 2.00. The summed E-state index contributed by atoms with van der Waals surface area (Å²) in [5.41, 5.74) is 3.83. The van der Waals surface area contributed by atoms with E-state index >= 15 is 0 Å². The lowest BCUT2D eigenvalue weighted by Gasteiger charge is -2.53. The highest BCUT2D eigenvalue weighted by atomic mass is 16.5. The fraction of sp³-hybridized carbons (Fsp3) is 0.444. The van der Waals surface area contributed by atoms with E-state index in [0.29, 0.717) is 17.5 Å². The number of piperidine rings is 1. The average molecular weight is 283 g/mol. The van der Waals surface area contributed by atoms with Crippen LogP contribution in [0.4, 0.5) is 0 Å². The number of methoxy groups -OCH3 is 1. The van der Waals surface area contributed by atoms with Crippen molar-refractivity contribution in [2.24, 2.45) is 0 Å². The van der Waals surface area contributed by atoms with Gasteiger partial charge in [0.2, 0.25) is 0 Å². The lowest BCUT2D eigenvalue weighted by atomic mass is 9.58. The Kier molecular flexibility index (Phi) is 2.70. The number of ether oxygens (including phenoxy) is 1. The minimum atomic E-state index is -0.0296. The van der Waals surface area contributed by atoms with Crippen LogP contribution in [0.25, 0.3) is 0 Å². The van der Waals surface area contributed by atoms with E-state index in [0.717, 1.165) is 31.4 Å². The van der Waals surface area contributed by atoms with Gasteiger partial charge in [-0.1, -0.05) is 24.3 Å². The van der Waals surface area contributed by atoms with Crippen LogP contribution in [0.5, 0.6) is 11.5 Å². The third kappa shape index (κ3) is 1.58. The smallest absolute Gasteiger partial charge is 0.162 e. The molecule has 3 nitrogen and oxygen atoms in total. The summed E-state index contributed by atoms with van der Waals surface area (Å²) in [6, 6.07) is 4.49. The molecular weight excluding hydrogens is 262 g/mol. The number of phenolic OH excluding ortho intramolecular Hbond substituents is 1. The van der Waals surface area contributed by atoms with Crippen molar-refractivity contribution < 1.29 is 9.84 Å². The molecular formula is C18H21NO2. The van der Waals surface area contributed by atoms with Crippen LogP contribution in [0.15, 0.2) is 35.9 Å². The monoisotopic (exact) mass is 283 g/mol. The van der Waals surface area contributed by atoms with Crippen molar-refractivity contribution in [2.45, 2.75) is 30.7 Å². The summed E-state index contributed by atoms with van der Waals surface area (Å²) in [5.74, 6) is 0.939. The lowest BCUT2D eigenvalue weighted by Crippen LogP contribution is -2.54. The third-order valence-corrected chi connectivity index (χ3v) is 5.55. The highest BCUT2D eigenvalue weighted by Gasteiger charge is 2.50. The van der Waals surface area contributed by atoms with Crippen LogP contribution < -0.4 is 4.74 Å². The summed E-state index contributed by atoms with van der Waals surface area (Å²) in [7, 11) is 3.83. The number of allylic oxidation sites excluding steroid dienone is 3. The van der Waals surface area contributed by atoms with E-state index in [1.807, 2.05) is 6.07 Å². The number of phenols is 1. The maximum absolute atomic E-state index is 10.8. The fourth-order valence-corrected chi connectivity index (χ4v) is 4.48. The summed E-state index contributed by atoms with van der Waals surface area (Å²) >= 11 is 0. The topological polar surface area (TPSA) is 32.7 Å². The Hall–Kier alpha value is -1.74. The van der Waals surface area contributed by atoms with Gasteiger partial charge in [-0.3, -0.25) is 4.90 Å². The molecule has 2 atom stereocenters. The quantitative estimate of drug-likeness (QED) is 0.860. The van der Waals surface area contributed by atoms with Crippen LogP contribution in [-0.2, 0) is 11.8 Å². The lowest BCUT2D eigenvalue weighted by molar-refractivity contribution is 0.164. The molecule has 1 N–H and O–H groups in total. The standard InChI is InChI=1S/C18H21NO2/c1-19-10-9-18-8-4-3-5-13(18)14(19)11-12-6-7-15(21-2)17(20)16(12)18/h3-7,14,20H,8-11H2,1-2H3/t14-,18+/m0/s1. The number of fused-ring (bicyclic) bond motifs is 1. The molecule has 1 saturated heterocycles. The molecule has 2 bridgehead atoms. The zero-order chi connectivity index (χ0) is 14.6. The maximum atomic E-state index is 10.8. The number of nitrogens with zero attached hydrogens (tertiary/aromatic N) is 1. The first-order valence-corrected chi connectivity index (χ1v) is 7.64. The van der Waals surface area contributed by atoms with Crippen molar-refractivity contribution in [3.05, 3.63) is 47.1 Å². The molecule has 4 rings (SSSR count). The minimum absolute atomic E-state index is 0.0296. The van der Waals surface area contributed by atoms with E-state index in [9.17, 15) is 5.11 Å². The Morgan fingerprint density at radius 2 is 2.24 bits per heavy atom. The summed E-state index contributed by atoms with van der Waals surface area (Å²) in [6.07, 6.45) is 9.69. The number of benzene rings is 1. The van der Waals surface area contributed by atoms with Crippen molar-refractivity contribution in [1.82, 2.24) is 4.90 Å². The zero-order valence-corrected chi connectivity index (χ0v) is 12.6. The van der Waals surface area contributed by atoms with Crippen LogP contribution in [0.3, 0.4) is 0 Å². The highest BCUT2D eigenvalue weighted by molar-refractivity contribution is 5.62. The second-order valence-corrected chi connectivity index (χ2v) is 6.44. The molecule has 1 heterocycles. The average Bonchev–Trinajstić information content (AvgIpc) is 2.51. The zero-order valence-electron chi connectivity index (χ0n) is 12.6. The molecule has 0 spiro atoms. The number of aromatic hydroxyl groups is 1. The first-order valence-electron chi connectivity index (χ1n) is 7.64. The van der Waals surface area contributed by atoms with Crippen molar-refractivity contribution in [2.75, 3.05) is 20.7 Å². The molecule has 3 heteroatoms. The SMILES string of the molecule is COc1ccc2c(c1O)[C@@]13CC=CC=C1[C@H](C2)N(C)CC3. The summed E-state index contributed by atoms with van der Waals surface area (Å²) in [6.45, 7) is 1.08. The van der Waals surface area contributed by atoms with Crippen molar-refractivity contribution in [3.63, 3.8) is 0 Å². The molecule has 1 aromatic carbocycles. The van der Waals surface area contributed by atoms with E-state index in [1.165, 1.54) is 11.1 Å². The Morgan fingerprint density at radius 3 is 3.05 bits per heavy atom. The van der Waals surface area contributed by atoms with Gasteiger partial charge in [-0.15, -0.1) is 0 Å². The molecule has 0 amide bonds. The number of hydrogen-bond acceptors (Lipinski definition) is 3. The van der Waals surface area contributed by atoms with E-state index in [4.69, 9.17) is 4.74 Å². The maximum Gasteiger partial charge on any atom is 0.162 e. The Labute approximate surface area is 125 Å². The van der Waals surface area contributed by atoms with Gasteiger partial charge in [-0.25, -0.2) is 0 Å². The second kappa shape index (κ2) is 4.38. The largest absolute Gasteiger partial charge is 0.504 e. The number of likely N-dealkylation sites (N-methyl/N-ethyl adjacent to an activating group) is 1. The molecule has 0 aromatic heterocycles. The van der Waals surface area contributed by atoms with E-state index in [1.54, 1.807) is 7.11 Å². The van der Waals surface area contributed by atoms with Gasteiger partial charge in [-0.2, -0.15) is 0 Å². The third-order valence-electron chi connectivity index (χ3n) is 5.55. The predicted molar refractivity (Wildman–Crippen MR) is 82.9 cm³/mol. The second-order valence-electron chi connectivity index (χ2n) is 6.44. The molecule has 110 valence electrons. The van der Waals surface area contributed by atoms with Crippen LogP contribution in [0, 0.1) is 0 Å². The summed E-state index contributed by atoms with van der Waals surface area (Å²) in [4.78, 5) is 2.45. The molecule has 1 aliphatic heterocycles. The summed E-state index contributed by atoms with van der Waals surface area (Å²) in [5, 5.41) is 10.8. The van der Waals surface area contributed by atoms with Crippen LogP contribution in [0.1, 0.15) is 24.0 Å². The molecule has 1 fully saturated rings. The molecule has 1 aromatic rings.